The largest absolute Gasteiger partial charge is 0.144 e. The molecule has 0 aliphatic carbocycles. The Morgan fingerprint density at radius 2 is 1.83 bits per heavy atom. The molecular formula is C21H20S2. The van der Waals surface area contributed by atoms with Gasteiger partial charge < -0.3 is 0 Å². The normalized spacial score (nSPS) is 11.5. The molecule has 23 heavy (non-hydrogen) atoms. The third-order valence-corrected chi connectivity index (χ3v) is 6.65. The van der Waals surface area contributed by atoms with E-state index in [1.165, 1.54) is 55.4 Å². The van der Waals surface area contributed by atoms with Crippen molar-refractivity contribution in [3.63, 3.8) is 0 Å². The van der Waals surface area contributed by atoms with E-state index in [1.54, 1.807) is 0 Å². The van der Waals surface area contributed by atoms with Crippen LogP contribution in [0.2, 0.25) is 0 Å². The first kappa shape index (κ1) is 14.9. The lowest BCUT2D eigenvalue weighted by Gasteiger charge is -2.02. The van der Waals surface area contributed by atoms with Crippen molar-refractivity contribution < 1.29 is 0 Å². The Balaban J connectivity index is 1.46. The molecule has 0 amide bonds. The Bertz CT molecular complexity index is 910. The van der Waals surface area contributed by atoms with Gasteiger partial charge in [-0.25, -0.2) is 0 Å². The Morgan fingerprint density at radius 1 is 0.913 bits per heavy atom. The van der Waals surface area contributed by atoms with Crippen LogP contribution in [0.1, 0.15) is 29.3 Å². The van der Waals surface area contributed by atoms with Gasteiger partial charge in [0.05, 0.1) is 0 Å². The van der Waals surface area contributed by atoms with E-state index in [-0.39, 0.29) is 0 Å². The van der Waals surface area contributed by atoms with Crippen LogP contribution >= 0.6 is 22.7 Å². The molecule has 0 fully saturated rings. The van der Waals surface area contributed by atoms with Crippen LogP contribution in [0, 0.1) is 0 Å². The zero-order valence-corrected chi connectivity index (χ0v) is 15.0. The van der Waals surface area contributed by atoms with Gasteiger partial charge in [0.2, 0.25) is 0 Å². The summed E-state index contributed by atoms with van der Waals surface area (Å²) in [7, 11) is 0. The molecule has 0 unspecified atom stereocenters. The molecule has 0 aliphatic heterocycles. The SMILES string of the molecule is CCc1csc2ccc(CCCc3cc4ccccc4s3)cc12. The standard InChI is InChI=1S/C21H20S2/c1-2-16-14-22-21-11-10-15(12-19(16)21)6-5-8-18-13-17-7-3-4-9-20(17)23-18/h3-4,7,9-14H,2,5-6,8H2,1H3. The molecule has 0 atom stereocenters. The van der Waals surface area contributed by atoms with Crippen molar-refractivity contribution in [1.29, 1.82) is 0 Å². The van der Waals surface area contributed by atoms with Crippen molar-refractivity contribution in [2.45, 2.75) is 32.6 Å². The fourth-order valence-electron chi connectivity index (χ4n) is 3.19. The third-order valence-electron chi connectivity index (χ3n) is 4.46. The maximum atomic E-state index is 2.41. The summed E-state index contributed by atoms with van der Waals surface area (Å²) >= 11 is 3.82. The van der Waals surface area contributed by atoms with Gasteiger partial charge in [0, 0.05) is 14.3 Å². The van der Waals surface area contributed by atoms with Gasteiger partial charge in [-0.2, -0.15) is 0 Å². The molecule has 0 aliphatic rings. The highest BCUT2D eigenvalue weighted by Crippen LogP contribution is 2.29. The topological polar surface area (TPSA) is 0 Å². The highest BCUT2D eigenvalue weighted by Gasteiger charge is 2.05. The molecule has 0 N–H and O–H groups in total. The Kier molecular flexibility index (Phi) is 4.19. The second-order valence-electron chi connectivity index (χ2n) is 6.05. The number of rotatable bonds is 5. The van der Waals surface area contributed by atoms with E-state index in [1.807, 2.05) is 22.7 Å². The van der Waals surface area contributed by atoms with Crippen LogP contribution < -0.4 is 0 Å². The summed E-state index contributed by atoms with van der Waals surface area (Å²) in [4.78, 5) is 1.51. The molecule has 2 heteroatoms. The molecule has 2 heterocycles. The zero-order valence-electron chi connectivity index (χ0n) is 13.3. The van der Waals surface area contributed by atoms with Gasteiger partial charge in [0.1, 0.15) is 0 Å². The lowest BCUT2D eigenvalue weighted by molar-refractivity contribution is 0.832. The molecule has 116 valence electrons. The minimum Gasteiger partial charge on any atom is -0.144 e. The quantitative estimate of drug-likeness (QED) is 0.374. The van der Waals surface area contributed by atoms with Crippen molar-refractivity contribution in [3.05, 3.63) is 69.9 Å². The van der Waals surface area contributed by atoms with E-state index in [2.05, 4.69) is 60.8 Å². The van der Waals surface area contributed by atoms with E-state index in [0.717, 1.165) is 6.42 Å². The fourth-order valence-corrected chi connectivity index (χ4v) is 5.32. The lowest BCUT2D eigenvalue weighted by atomic mass is 10.0. The Labute approximate surface area is 145 Å². The van der Waals surface area contributed by atoms with Crippen molar-refractivity contribution in [2.75, 3.05) is 0 Å². The first-order chi connectivity index (χ1) is 11.3. The average molecular weight is 337 g/mol. The van der Waals surface area contributed by atoms with Gasteiger partial charge in [-0.05, 0) is 71.2 Å². The summed E-state index contributed by atoms with van der Waals surface area (Å²) in [5.41, 5.74) is 2.98. The minimum atomic E-state index is 1.13. The number of thiophene rings is 2. The van der Waals surface area contributed by atoms with Crippen LogP contribution in [0.5, 0.6) is 0 Å². The van der Waals surface area contributed by atoms with Gasteiger partial charge in [-0.1, -0.05) is 37.3 Å². The van der Waals surface area contributed by atoms with Crippen LogP contribution in [-0.4, -0.2) is 0 Å². The second kappa shape index (κ2) is 6.46. The Morgan fingerprint density at radius 3 is 2.70 bits per heavy atom. The van der Waals surface area contributed by atoms with Crippen LogP contribution in [0.4, 0.5) is 0 Å². The summed E-state index contributed by atoms with van der Waals surface area (Å²) in [5, 5.41) is 5.17. The summed E-state index contributed by atoms with van der Waals surface area (Å²) in [5.74, 6) is 0. The summed E-state index contributed by atoms with van der Waals surface area (Å²) in [6.45, 7) is 2.25. The van der Waals surface area contributed by atoms with Crippen molar-refractivity contribution in [3.8, 4) is 0 Å². The second-order valence-corrected chi connectivity index (χ2v) is 8.13. The highest BCUT2D eigenvalue weighted by atomic mass is 32.1. The van der Waals surface area contributed by atoms with E-state index in [0.29, 0.717) is 0 Å². The van der Waals surface area contributed by atoms with E-state index in [9.17, 15) is 0 Å². The van der Waals surface area contributed by atoms with Crippen LogP contribution in [-0.2, 0) is 19.3 Å². The predicted octanol–water partition coefficient (Wildman–Crippen LogP) is 6.85. The molecule has 4 rings (SSSR count). The smallest absolute Gasteiger partial charge is 0.0345 e. The van der Waals surface area contributed by atoms with E-state index in [4.69, 9.17) is 0 Å². The Hall–Kier alpha value is -1.64. The first-order valence-corrected chi connectivity index (χ1v) is 9.99. The highest BCUT2D eigenvalue weighted by molar-refractivity contribution is 7.19. The van der Waals surface area contributed by atoms with Crippen LogP contribution in [0.15, 0.2) is 53.9 Å². The molecule has 0 nitrogen and oxygen atoms in total. The first-order valence-electron chi connectivity index (χ1n) is 8.30. The van der Waals surface area contributed by atoms with Gasteiger partial charge in [-0.3, -0.25) is 0 Å². The average Bonchev–Trinajstić information content (AvgIpc) is 3.17. The number of benzene rings is 2. The van der Waals surface area contributed by atoms with Gasteiger partial charge in [-0.15, -0.1) is 22.7 Å². The molecule has 0 bridgehead atoms. The van der Waals surface area contributed by atoms with Crippen molar-refractivity contribution in [1.82, 2.24) is 0 Å². The van der Waals surface area contributed by atoms with Gasteiger partial charge >= 0.3 is 0 Å². The number of aryl methyl sites for hydroxylation is 3. The van der Waals surface area contributed by atoms with Crippen molar-refractivity contribution in [2.24, 2.45) is 0 Å². The van der Waals surface area contributed by atoms with Gasteiger partial charge in [0.25, 0.3) is 0 Å². The third kappa shape index (κ3) is 3.06. The van der Waals surface area contributed by atoms with E-state index < -0.39 is 0 Å². The molecule has 0 radical (unpaired) electrons. The number of fused-ring (bicyclic) bond motifs is 2. The molecule has 4 aromatic rings. The maximum absolute atomic E-state index is 2.41. The molecule has 0 saturated carbocycles. The van der Waals surface area contributed by atoms with E-state index >= 15 is 0 Å². The number of hydrogen-bond acceptors (Lipinski definition) is 2. The molecule has 2 aromatic heterocycles. The predicted molar refractivity (Wildman–Crippen MR) is 105 cm³/mol. The maximum Gasteiger partial charge on any atom is 0.0345 e. The molecular weight excluding hydrogens is 316 g/mol. The monoisotopic (exact) mass is 336 g/mol. The van der Waals surface area contributed by atoms with Crippen LogP contribution in [0.3, 0.4) is 0 Å². The molecule has 0 saturated heterocycles. The fraction of sp³-hybridized carbons (Fsp3) is 0.238. The minimum absolute atomic E-state index is 1.13. The zero-order chi connectivity index (χ0) is 15.6. The van der Waals surface area contributed by atoms with Crippen LogP contribution in [0.25, 0.3) is 20.2 Å². The summed E-state index contributed by atoms with van der Waals surface area (Å²) in [6.07, 6.45) is 4.71. The molecule has 2 aromatic carbocycles. The number of hydrogen-bond donors (Lipinski definition) is 0. The summed E-state index contributed by atoms with van der Waals surface area (Å²) < 4.78 is 2.84. The molecule has 0 spiro atoms. The summed E-state index contributed by atoms with van der Waals surface area (Å²) in [6, 6.07) is 18.1. The van der Waals surface area contributed by atoms with Crippen molar-refractivity contribution >= 4 is 42.8 Å². The van der Waals surface area contributed by atoms with Gasteiger partial charge in [0.15, 0.2) is 0 Å². The lowest BCUT2D eigenvalue weighted by Crippen LogP contribution is -1.88.